The van der Waals surface area contributed by atoms with Crippen molar-refractivity contribution in [2.75, 3.05) is 20.1 Å². The first-order chi connectivity index (χ1) is 9.79. The first-order valence-corrected chi connectivity index (χ1v) is 7.00. The standard InChI is InChI=1S/C15H22N2O4/c1-5-6-12(18)17-8-7-11(9-17)14(19)16(4)13(10(2)3)15(20)21/h10-11,13H,7-9H2,1-4H3,(H,20,21)/t11-,13?/m1/s1. The Hall–Kier alpha value is -2.03. The van der Waals surface area contributed by atoms with E-state index in [1.54, 1.807) is 20.8 Å². The molecule has 1 fully saturated rings. The van der Waals surface area contributed by atoms with Crippen LogP contribution in [-0.2, 0) is 14.4 Å². The summed E-state index contributed by atoms with van der Waals surface area (Å²) in [4.78, 5) is 38.2. The fourth-order valence-corrected chi connectivity index (χ4v) is 2.66. The molecule has 1 saturated heterocycles. The van der Waals surface area contributed by atoms with Crippen molar-refractivity contribution in [1.29, 1.82) is 0 Å². The summed E-state index contributed by atoms with van der Waals surface area (Å²) in [6.07, 6.45) is 0.546. The number of carboxylic acid groups (broad SMARTS) is 1. The first-order valence-electron chi connectivity index (χ1n) is 7.00. The topological polar surface area (TPSA) is 77.9 Å². The summed E-state index contributed by atoms with van der Waals surface area (Å²) >= 11 is 0. The van der Waals surface area contributed by atoms with E-state index in [2.05, 4.69) is 11.8 Å². The van der Waals surface area contributed by atoms with Crippen LogP contribution in [0.25, 0.3) is 0 Å². The zero-order valence-corrected chi connectivity index (χ0v) is 12.9. The van der Waals surface area contributed by atoms with Crippen molar-refractivity contribution in [2.24, 2.45) is 11.8 Å². The Morgan fingerprint density at radius 3 is 2.43 bits per heavy atom. The third-order valence-electron chi connectivity index (χ3n) is 3.71. The predicted molar refractivity (Wildman–Crippen MR) is 77.2 cm³/mol. The minimum atomic E-state index is -1.01. The second kappa shape index (κ2) is 7.11. The molecule has 6 heteroatoms. The molecular formula is C15H22N2O4. The lowest BCUT2D eigenvalue weighted by Gasteiger charge is -2.29. The molecular weight excluding hydrogens is 272 g/mol. The van der Waals surface area contributed by atoms with Crippen LogP contribution in [0.3, 0.4) is 0 Å². The molecule has 0 bridgehead atoms. The SMILES string of the molecule is CC#CC(=O)N1CC[C@@H](C(=O)N(C)C(C(=O)O)C(C)C)C1. The molecule has 116 valence electrons. The lowest BCUT2D eigenvalue weighted by Crippen LogP contribution is -2.48. The van der Waals surface area contributed by atoms with E-state index in [4.69, 9.17) is 0 Å². The van der Waals surface area contributed by atoms with E-state index in [0.29, 0.717) is 19.5 Å². The second-order valence-corrected chi connectivity index (χ2v) is 5.59. The summed E-state index contributed by atoms with van der Waals surface area (Å²) < 4.78 is 0. The molecule has 1 heterocycles. The molecule has 2 amide bonds. The van der Waals surface area contributed by atoms with Crippen molar-refractivity contribution >= 4 is 17.8 Å². The van der Waals surface area contributed by atoms with Gasteiger partial charge < -0.3 is 14.9 Å². The summed E-state index contributed by atoms with van der Waals surface area (Å²) in [5.74, 6) is 2.95. The van der Waals surface area contributed by atoms with E-state index < -0.39 is 12.0 Å². The fraction of sp³-hybridized carbons (Fsp3) is 0.667. The molecule has 0 aromatic carbocycles. The molecule has 1 rings (SSSR count). The van der Waals surface area contributed by atoms with Crippen LogP contribution in [0.1, 0.15) is 27.2 Å². The van der Waals surface area contributed by atoms with Crippen molar-refractivity contribution in [3.05, 3.63) is 0 Å². The molecule has 1 N–H and O–H groups in total. The van der Waals surface area contributed by atoms with Gasteiger partial charge in [0.2, 0.25) is 5.91 Å². The normalized spacial score (nSPS) is 18.9. The summed E-state index contributed by atoms with van der Waals surface area (Å²) in [5.41, 5.74) is 0. The van der Waals surface area contributed by atoms with E-state index in [1.165, 1.54) is 16.8 Å². The zero-order chi connectivity index (χ0) is 16.2. The average molecular weight is 294 g/mol. The van der Waals surface area contributed by atoms with E-state index in [9.17, 15) is 19.5 Å². The number of hydrogen-bond donors (Lipinski definition) is 1. The van der Waals surface area contributed by atoms with Crippen LogP contribution in [0.2, 0.25) is 0 Å². The fourth-order valence-electron chi connectivity index (χ4n) is 2.66. The number of aliphatic carboxylic acids is 1. The summed E-state index contributed by atoms with van der Waals surface area (Å²) in [5, 5.41) is 9.24. The largest absolute Gasteiger partial charge is 0.480 e. The van der Waals surface area contributed by atoms with Crippen LogP contribution in [0, 0.1) is 23.7 Å². The predicted octanol–water partition coefficient (Wildman–Crippen LogP) is 0.426. The molecule has 21 heavy (non-hydrogen) atoms. The van der Waals surface area contributed by atoms with Gasteiger partial charge in [-0.25, -0.2) is 4.79 Å². The monoisotopic (exact) mass is 294 g/mol. The van der Waals surface area contributed by atoms with Gasteiger partial charge in [-0.3, -0.25) is 9.59 Å². The average Bonchev–Trinajstić information content (AvgIpc) is 2.86. The smallest absolute Gasteiger partial charge is 0.326 e. The molecule has 0 spiro atoms. The maximum absolute atomic E-state index is 12.4. The van der Waals surface area contributed by atoms with Gasteiger partial charge in [0.05, 0.1) is 5.92 Å². The van der Waals surface area contributed by atoms with Gasteiger partial charge in [-0.2, -0.15) is 0 Å². The van der Waals surface area contributed by atoms with Crippen molar-refractivity contribution in [3.63, 3.8) is 0 Å². The number of rotatable bonds is 4. The Kier molecular flexibility index (Phi) is 5.77. The van der Waals surface area contributed by atoms with Crippen LogP contribution in [0.4, 0.5) is 0 Å². The maximum atomic E-state index is 12.4. The molecule has 1 unspecified atom stereocenters. The van der Waals surface area contributed by atoms with Crippen molar-refractivity contribution < 1.29 is 19.5 Å². The maximum Gasteiger partial charge on any atom is 0.326 e. The third-order valence-corrected chi connectivity index (χ3v) is 3.71. The van der Waals surface area contributed by atoms with Gasteiger partial charge in [0.25, 0.3) is 5.91 Å². The van der Waals surface area contributed by atoms with Gasteiger partial charge >= 0.3 is 5.97 Å². The lowest BCUT2D eigenvalue weighted by molar-refractivity contribution is -0.152. The number of nitrogens with zero attached hydrogens (tertiary/aromatic N) is 2. The molecule has 0 radical (unpaired) electrons. The third kappa shape index (κ3) is 3.97. The molecule has 0 saturated carbocycles. The van der Waals surface area contributed by atoms with Crippen molar-refractivity contribution in [1.82, 2.24) is 9.80 Å². The summed E-state index contributed by atoms with van der Waals surface area (Å²) in [6, 6.07) is -0.849. The minimum Gasteiger partial charge on any atom is -0.480 e. The zero-order valence-electron chi connectivity index (χ0n) is 12.9. The van der Waals surface area contributed by atoms with Crippen LogP contribution >= 0.6 is 0 Å². The highest BCUT2D eigenvalue weighted by Gasteiger charge is 2.37. The number of carbonyl (C=O) groups excluding carboxylic acids is 2. The Labute approximate surface area is 125 Å². The summed E-state index contributed by atoms with van der Waals surface area (Å²) in [6.45, 7) is 5.91. The minimum absolute atomic E-state index is 0.179. The number of carboxylic acids is 1. The molecule has 6 nitrogen and oxygen atoms in total. The van der Waals surface area contributed by atoms with Gasteiger partial charge in [-0.1, -0.05) is 19.8 Å². The lowest BCUT2D eigenvalue weighted by atomic mass is 10.0. The number of amides is 2. The van der Waals surface area contributed by atoms with Gasteiger partial charge in [0.1, 0.15) is 6.04 Å². The molecule has 0 aliphatic carbocycles. The van der Waals surface area contributed by atoms with E-state index >= 15 is 0 Å². The second-order valence-electron chi connectivity index (χ2n) is 5.59. The van der Waals surface area contributed by atoms with Gasteiger partial charge in [-0.05, 0) is 25.2 Å². The number of likely N-dealkylation sites (tertiary alicyclic amines) is 1. The van der Waals surface area contributed by atoms with E-state index in [0.717, 1.165) is 0 Å². The van der Waals surface area contributed by atoms with Crippen LogP contribution in [0.5, 0.6) is 0 Å². The van der Waals surface area contributed by atoms with E-state index in [-0.39, 0.29) is 23.7 Å². The molecule has 1 aliphatic heterocycles. The highest BCUT2D eigenvalue weighted by molar-refractivity contribution is 5.94. The van der Waals surface area contributed by atoms with Gasteiger partial charge in [0, 0.05) is 20.1 Å². The van der Waals surface area contributed by atoms with Crippen LogP contribution in [0.15, 0.2) is 0 Å². The Morgan fingerprint density at radius 1 is 1.33 bits per heavy atom. The van der Waals surface area contributed by atoms with E-state index in [1.807, 2.05) is 0 Å². The molecule has 1 aliphatic rings. The van der Waals surface area contributed by atoms with Crippen LogP contribution in [-0.4, -0.2) is 58.9 Å². The highest BCUT2D eigenvalue weighted by Crippen LogP contribution is 2.21. The molecule has 2 atom stereocenters. The van der Waals surface area contributed by atoms with Crippen molar-refractivity contribution in [2.45, 2.75) is 33.2 Å². The van der Waals surface area contributed by atoms with Gasteiger partial charge in [-0.15, -0.1) is 0 Å². The Balaban J connectivity index is 2.74. The molecule has 0 aromatic heterocycles. The number of likely N-dealkylation sites (N-methyl/N-ethyl adjacent to an activating group) is 1. The number of hydrogen-bond acceptors (Lipinski definition) is 3. The quantitative estimate of drug-likeness (QED) is 0.763. The highest BCUT2D eigenvalue weighted by atomic mass is 16.4. The Morgan fingerprint density at radius 2 is 1.95 bits per heavy atom. The van der Waals surface area contributed by atoms with Gasteiger partial charge in [0.15, 0.2) is 0 Å². The first kappa shape index (κ1) is 17.0. The number of carbonyl (C=O) groups is 3. The molecule has 0 aromatic rings. The summed E-state index contributed by atoms with van der Waals surface area (Å²) in [7, 11) is 1.51. The Bertz CT molecular complexity index is 490. The van der Waals surface area contributed by atoms with Crippen LogP contribution < -0.4 is 0 Å². The van der Waals surface area contributed by atoms with Crippen molar-refractivity contribution in [3.8, 4) is 11.8 Å².